The second-order valence-corrected chi connectivity index (χ2v) is 10.0. The SMILES string of the molecule is C=CC(=O)NC1CS(=O)CC1NC(=O)c1ccc2sc3c(c2c1)NCC(C)NC3=O. The second-order valence-electron chi connectivity index (χ2n) is 7.44. The van der Waals surface area contributed by atoms with E-state index in [4.69, 9.17) is 0 Å². The molecule has 1 saturated heterocycles. The molecule has 8 nitrogen and oxygen atoms in total. The minimum absolute atomic E-state index is 0.00424. The Morgan fingerprint density at radius 3 is 2.73 bits per heavy atom. The predicted molar refractivity (Wildman–Crippen MR) is 119 cm³/mol. The fraction of sp³-hybridized carbons (Fsp3) is 0.350. The smallest absolute Gasteiger partial charge is 0.263 e. The van der Waals surface area contributed by atoms with Gasteiger partial charge in [0, 0.05) is 50.5 Å². The van der Waals surface area contributed by atoms with Crippen molar-refractivity contribution in [3.8, 4) is 0 Å². The molecular formula is C20H22N4O4S2. The van der Waals surface area contributed by atoms with Crippen molar-refractivity contribution < 1.29 is 18.6 Å². The summed E-state index contributed by atoms with van der Waals surface area (Å²) in [4.78, 5) is 37.5. The fourth-order valence-corrected chi connectivity index (χ4v) is 6.28. The first-order valence-electron chi connectivity index (χ1n) is 9.55. The zero-order valence-electron chi connectivity index (χ0n) is 16.3. The van der Waals surface area contributed by atoms with Gasteiger partial charge in [0.2, 0.25) is 5.91 Å². The van der Waals surface area contributed by atoms with Gasteiger partial charge in [0.15, 0.2) is 0 Å². The lowest BCUT2D eigenvalue weighted by Crippen LogP contribution is -2.50. The Kier molecular flexibility index (Phi) is 5.61. The van der Waals surface area contributed by atoms with Crippen molar-refractivity contribution in [2.75, 3.05) is 23.4 Å². The molecule has 0 spiro atoms. The summed E-state index contributed by atoms with van der Waals surface area (Å²) in [6, 6.07) is 4.46. The van der Waals surface area contributed by atoms with Crippen molar-refractivity contribution in [2.24, 2.45) is 0 Å². The molecule has 2 aromatic rings. The number of carbonyl (C=O) groups is 3. The fourth-order valence-electron chi connectivity index (χ4n) is 3.65. The third kappa shape index (κ3) is 3.97. The summed E-state index contributed by atoms with van der Waals surface area (Å²) in [6.07, 6.45) is 1.15. The van der Waals surface area contributed by atoms with Gasteiger partial charge < -0.3 is 21.3 Å². The topological polar surface area (TPSA) is 116 Å². The molecule has 1 aromatic carbocycles. The van der Waals surface area contributed by atoms with Crippen LogP contribution < -0.4 is 21.3 Å². The molecule has 2 aliphatic rings. The highest BCUT2D eigenvalue weighted by Gasteiger charge is 2.34. The Morgan fingerprint density at radius 1 is 1.27 bits per heavy atom. The summed E-state index contributed by atoms with van der Waals surface area (Å²) in [5.41, 5.74) is 1.18. The van der Waals surface area contributed by atoms with Crippen LogP contribution in [0.2, 0.25) is 0 Å². The number of nitrogens with one attached hydrogen (secondary N) is 4. The number of rotatable bonds is 4. The van der Waals surface area contributed by atoms with Crippen molar-refractivity contribution in [1.29, 1.82) is 0 Å². The minimum atomic E-state index is -1.12. The quantitative estimate of drug-likeness (QED) is 0.523. The lowest BCUT2D eigenvalue weighted by Gasteiger charge is -2.20. The molecule has 4 N–H and O–H groups in total. The molecule has 3 amide bonds. The Labute approximate surface area is 179 Å². The summed E-state index contributed by atoms with van der Waals surface area (Å²) < 4.78 is 12.9. The van der Waals surface area contributed by atoms with E-state index in [9.17, 15) is 18.6 Å². The molecule has 4 rings (SSSR count). The van der Waals surface area contributed by atoms with Gasteiger partial charge in [-0.3, -0.25) is 18.6 Å². The zero-order valence-corrected chi connectivity index (χ0v) is 18.0. The van der Waals surface area contributed by atoms with E-state index in [0.29, 0.717) is 22.7 Å². The Balaban J connectivity index is 1.58. The molecule has 3 heterocycles. The molecule has 1 fully saturated rings. The van der Waals surface area contributed by atoms with E-state index in [1.54, 1.807) is 12.1 Å². The lowest BCUT2D eigenvalue weighted by atomic mass is 10.1. The van der Waals surface area contributed by atoms with E-state index < -0.39 is 22.9 Å². The number of fused-ring (bicyclic) bond motifs is 3. The third-order valence-electron chi connectivity index (χ3n) is 5.17. The lowest BCUT2D eigenvalue weighted by molar-refractivity contribution is -0.117. The largest absolute Gasteiger partial charge is 0.381 e. The summed E-state index contributed by atoms with van der Waals surface area (Å²) in [5.74, 6) is -0.226. The van der Waals surface area contributed by atoms with E-state index >= 15 is 0 Å². The average Bonchev–Trinajstić information content (AvgIpc) is 3.20. The Morgan fingerprint density at radius 2 is 2.00 bits per heavy atom. The summed E-state index contributed by atoms with van der Waals surface area (Å²) >= 11 is 1.38. The molecule has 30 heavy (non-hydrogen) atoms. The van der Waals surface area contributed by atoms with Crippen LogP contribution >= 0.6 is 11.3 Å². The van der Waals surface area contributed by atoms with E-state index in [1.165, 1.54) is 11.3 Å². The van der Waals surface area contributed by atoms with Crippen LogP contribution in [-0.2, 0) is 15.6 Å². The van der Waals surface area contributed by atoms with Crippen LogP contribution in [0.1, 0.15) is 27.0 Å². The standard InChI is InChI=1S/C20H22N4O4S2/c1-3-16(25)23-13-8-30(28)9-14(13)24-19(26)11-4-5-15-12(6-11)17-18(29-15)20(27)22-10(2)7-21-17/h3-6,10,13-14,21H,1,7-9H2,2H3,(H,22,27)(H,23,25)(H,24,26). The molecule has 0 saturated carbocycles. The first kappa shape index (κ1) is 20.5. The average molecular weight is 447 g/mol. The number of anilines is 1. The number of amides is 3. The van der Waals surface area contributed by atoms with Gasteiger partial charge in [0.1, 0.15) is 4.88 Å². The number of hydrogen-bond donors (Lipinski definition) is 4. The summed E-state index contributed by atoms with van der Waals surface area (Å²) in [5, 5.41) is 12.7. The summed E-state index contributed by atoms with van der Waals surface area (Å²) in [7, 11) is -1.12. The normalized spacial score (nSPS) is 25.6. The van der Waals surface area contributed by atoms with Gasteiger partial charge in [-0.05, 0) is 31.2 Å². The van der Waals surface area contributed by atoms with E-state index in [1.807, 2.05) is 13.0 Å². The highest BCUT2D eigenvalue weighted by molar-refractivity contribution is 7.85. The number of hydrogen-bond acceptors (Lipinski definition) is 6. The molecule has 10 heteroatoms. The number of thiophene rings is 1. The van der Waals surface area contributed by atoms with Gasteiger partial charge in [0.25, 0.3) is 11.8 Å². The van der Waals surface area contributed by atoms with Gasteiger partial charge in [-0.1, -0.05) is 6.58 Å². The maximum Gasteiger partial charge on any atom is 0.263 e. The van der Waals surface area contributed by atoms with Crippen molar-refractivity contribution in [2.45, 2.75) is 25.0 Å². The van der Waals surface area contributed by atoms with Gasteiger partial charge >= 0.3 is 0 Å². The molecular weight excluding hydrogens is 424 g/mol. The van der Waals surface area contributed by atoms with E-state index in [0.717, 1.165) is 21.8 Å². The van der Waals surface area contributed by atoms with E-state index in [-0.39, 0.29) is 29.5 Å². The van der Waals surface area contributed by atoms with E-state index in [2.05, 4.69) is 27.8 Å². The van der Waals surface area contributed by atoms with Crippen molar-refractivity contribution >= 4 is 55.6 Å². The molecule has 1 aromatic heterocycles. The molecule has 4 atom stereocenters. The maximum atomic E-state index is 12.9. The van der Waals surface area contributed by atoms with Gasteiger partial charge in [-0.25, -0.2) is 0 Å². The zero-order chi connectivity index (χ0) is 21.4. The molecule has 158 valence electrons. The summed E-state index contributed by atoms with van der Waals surface area (Å²) in [6.45, 7) is 5.95. The van der Waals surface area contributed by atoms with Crippen LogP contribution in [0.15, 0.2) is 30.9 Å². The van der Waals surface area contributed by atoms with Crippen molar-refractivity contribution in [3.63, 3.8) is 0 Å². The van der Waals surface area contributed by atoms with Crippen LogP contribution in [0.3, 0.4) is 0 Å². The highest BCUT2D eigenvalue weighted by atomic mass is 32.2. The van der Waals surface area contributed by atoms with Crippen LogP contribution in [0, 0.1) is 0 Å². The Bertz CT molecular complexity index is 1080. The second kappa shape index (κ2) is 8.19. The van der Waals surface area contributed by atoms with Gasteiger partial charge in [0.05, 0.1) is 17.8 Å². The maximum absolute atomic E-state index is 12.9. The van der Waals surface area contributed by atoms with Crippen LogP contribution in [-0.4, -0.2) is 58.1 Å². The first-order chi connectivity index (χ1) is 14.4. The van der Waals surface area contributed by atoms with Crippen LogP contribution in [0.4, 0.5) is 5.69 Å². The van der Waals surface area contributed by atoms with Crippen molar-refractivity contribution in [1.82, 2.24) is 16.0 Å². The monoisotopic (exact) mass is 446 g/mol. The van der Waals surface area contributed by atoms with Gasteiger partial charge in [-0.15, -0.1) is 11.3 Å². The van der Waals surface area contributed by atoms with Crippen LogP contribution in [0.5, 0.6) is 0 Å². The molecule has 2 aliphatic heterocycles. The number of benzene rings is 1. The van der Waals surface area contributed by atoms with Crippen molar-refractivity contribution in [3.05, 3.63) is 41.3 Å². The molecule has 0 aliphatic carbocycles. The number of carbonyl (C=O) groups excluding carboxylic acids is 3. The Hall–Kier alpha value is -2.72. The molecule has 0 radical (unpaired) electrons. The van der Waals surface area contributed by atoms with Gasteiger partial charge in [-0.2, -0.15) is 0 Å². The first-order valence-corrected chi connectivity index (χ1v) is 11.9. The van der Waals surface area contributed by atoms with Crippen LogP contribution in [0.25, 0.3) is 10.1 Å². The highest BCUT2D eigenvalue weighted by Crippen LogP contribution is 2.37. The molecule has 0 bridgehead atoms. The third-order valence-corrected chi connectivity index (χ3v) is 7.80. The predicted octanol–water partition coefficient (Wildman–Crippen LogP) is 0.977. The molecule has 4 unspecified atom stereocenters. The minimum Gasteiger partial charge on any atom is -0.381 e.